The predicted octanol–water partition coefficient (Wildman–Crippen LogP) is 4.56. The van der Waals surface area contributed by atoms with Gasteiger partial charge in [-0.25, -0.2) is 0 Å². The Morgan fingerprint density at radius 2 is 1.74 bits per heavy atom. The number of ether oxygens (including phenoxy) is 1. The lowest BCUT2D eigenvalue weighted by molar-refractivity contribution is -0.145. The third-order valence-corrected chi connectivity index (χ3v) is 3.81. The van der Waals surface area contributed by atoms with Gasteiger partial charge in [-0.05, 0) is 55.5 Å². The lowest BCUT2D eigenvalue weighted by atomic mass is 10.1. The highest BCUT2D eigenvalue weighted by atomic mass is 127. The van der Waals surface area contributed by atoms with Gasteiger partial charge in [0.1, 0.15) is 6.61 Å². The third kappa shape index (κ3) is 9.42. The molecule has 0 bridgehead atoms. The van der Waals surface area contributed by atoms with Gasteiger partial charge in [-0.15, -0.1) is 24.0 Å². The summed E-state index contributed by atoms with van der Waals surface area (Å²) in [6, 6.07) is 15.8. The average Bonchev–Trinajstić information content (AvgIpc) is 2.59. The molecule has 0 aliphatic heterocycles. The number of unbranched alkanes of at least 4 members (excludes halogenated alkanes) is 1. The minimum Gasteiger partial charge on any atom is -0.461 e. The monoisotopic (exact) mass is 481 g/mol. The Hall–Kier alpha value is -2.09. The Labute approximate surface area is 178 Å². The standard InChI is InChI=1S/C21H27N3O2.HI/c1-16-12-17(2)14-19(13-16)24-21(22)23-11-7-6-10-20(25)26-15-18-8-4-3-5-9-18;/h3-5,8-9,12-14H,6-7,10-11,15H2,1-2H3,(H3,22,23,24);1H. The van der Waals surface area contributed by atoms with E-state index in [2.05, 4.69) is 16.4 Å². The van der Waals surface area contributed by atoms with Crippen LogP contribution in [0.25, 0.3) is 0 Å². The van der Waals surface area contributed by atoms with Gasteiger partial charge in [0.05, 0.1) is 0 Å². The van der Waals surface area contributed by atoms with Crippen LogP contribution in [0.5, 0.6) is 0 Å². The normalized spacial score (nSPS) is 10.8. The average molecular weight is 481 g/mol. The van der Waals surface area contributed by atoms with Crippen LogP contribution >= 0.6 is 24.0 Å². The van der Waals surface area contributed by atoms with Gasteiger partial charge in [0, 0.05) is 18.7 Å². The summed E-state index contributed by atoms with van der Waals surface area (Å²) in [6.07, 6.45) is 1.91. The summed E-state index contributed by atoms with van der Waals surface area (Å²) in [5.41, 5.74) is 10.2. The number of esters is 1. The number of hydrogen-bond acceptors (Lipinski definition) is 3. The maximum Gasteiger partial charge on any atom is 0.306 e. The molecule has 146 valence electrons. The van der Waals surface area contributed by atoms with E-state index < -0.39 is 0 Å². The highest BCUT2D eigenvalue weighted by molar-refractivity contribution is 14.0. The number of carbonyl (C=O) groups is 1. The number of anilines is 1. The van der Waals surface area contributed by atoms with Crippen molar-refractivity contribution in [1.82, 2.24) is 0 Å². The van der Waals surface area contributed by atoms with Crippen LogP contribution in [0.2, 0.25) is 0 Å². The highest BCUT2D eigenvalue weighted by Gasteiger charge is 2.03. The molecule has 0 aliphatic rings. The highest BCUT2D eigenvalue weighted by Crippen LogP contribution is 2.13. The molecule has 6 heteroatoms. The van der Waals surface area contributed by atoms with Crippen molar-refractivity contribution in [2.45, 2.75) is 39.7 Å². The second-order valence-electron chi connectivity index (χ2n) is 6.37. The lowest BCUT2D eigenvalue weighted by Gasteiger charge is -2.08. The molecule has 0 saturated heterocycles. The molecule has 0 aliphatic carbocycles. The summed E-state index contributed by atoms with van der Waals surface area (Å²) in [5, 5.41) is 3.10. The molecule has 0 spiro atoms. The van der Waals surface area contributed by atoms with E-state index in [9.17, 15) is 4.79 Å². The van der Waals surface area contributed by atoms with E-state index in [-0.39, 0.29) is 29.9 Å². The van der Waals surface area contributed by atoms with Crippen LogP contribution in [-0.4, -0.2) is 18.5 Å². The van der Waals surface area contributed by atoms with E-state index in [1.54, 1.807) is 0 Å². The first-order chi connectivity index (χ1) is 12.5. The second kappa shape index (κ2) is 12.3. The first-order valence-corrected chi connectivity index (χ1v) is 8.88. The van der Waals surface area contributed by atoms with E-state index >= 15 is 0 Å². The number of guanidine groups is 1. The molecule has 2 aromatic carbocycles. The van der Waals surface area contributed by atoms with Crippen molar-refractivity contribution in [2.24, 2.45) is 10.7 Å². The molecule has 0 aromatic heterocycles. The first-order valence-electron chi connectivity index (χ1n) is 8.88. The fourth-order valence-corrected chi connectivity index (χ4v) is 2.63. The second-order valence-corrected chi connectivity index (χ2v) is 6.37. The Bertz CT molecular complexity index is 728. The van der Waals surface area contributed by atoms with Crippen LogP contribution in [0.4, 0.5) is 5.69 Å². The molecule has 0 unspecified atom stereocenters. The van der Waals surface area contributed by atoms with Crippen LogP contribution in [0.3, 0.4) is 0 Å². The van der Waals surface area contributed by atoms with E-state index in [1.165, 1.54) is 11.1 Å². The zero-order chi connectivity index (χ0) is 18.8. The predicted molar refractivity (Wildman–Crippen MR) is 122 cm³/mol. The summed E-state index contributed by atoms with van der Waals surface area (Å²) < 4.78 is 5.25. The number of aryl methyl sites for hydroxylation is 2. The SMILES string of the molecule is Cc1cc(C)cc(NC(N)=NCCCCC(=O)OCc2ccccc2)c1.I. The Balaban J connectivity index is 0.00000364. The molecule has 0 amide bonds. The number of carbonyl (C=O) groups excluding carboxylic acids is 1. The lowest BCUT2D eigenvalue weighted by Crippen LogP contribution is -2.23. The van der Waals surface area contributed by atoms with Crippen molar-refractivity contribution in [1.29, 1.82) is 0 Å². The van der Waals surface area contributed by atoms with Crippen molar-refractivity contribution >= 4 is 41.6 Å². The molecule has 5 nitrogen and oxygen atoms in total. The summed E-state index contributed by atoms with van der Waals surface area (Å²) in [7, 11) is 0. The molecular weight excluding hydrogens is 453 g/mol. The Kier molecular flexibility index (Phi) is 10.5. The van der Waals surface area contributed by atoms with Crippen molar-refractivity contribution in [3.05, 3.63) is 65.2 Å². The van der Waals surface area contributed by atoms with Gasteiger partial charge in [0.2, 0.25) is 0 Å². The van der Waals surface area contributed by atoms with Gasteiger partial charge in [-0.1, -0.05) is 36.4 Å². The number of rotatable bonds is 8. The number of aliphatic imine (C=N–C) groups is 1. The molecular formula is C21H28IN3O2. The van der Waals surface area contributed by atoms with Crippen LogP contribution in [0, 0.1) is 13.8 Å². The van der Waals surface area contributed by atoms with E-state index in [0.717, 1.165) is 24.1 Å². The van der Waals surface area contributed by atoms with E-state index in [1.807, 2.05) is 56.3 Å². The molecule has 0 heterocycles. The van der Waals surface area contributed by atoms with Crippen molar-refractivity contribution < 1.29 is 9.53 Å². The van der Waals surface area contributed by atoms with Gasteiger partial charge in [0.15, 0.2) is 5.96 Å². The Morgan fingerprint density at radius 1 is 1.07 bits per heavy atom. The third-order valence-electron chi connectivity index (χ3n) is 3.81. The topological polar surface area (TPSA) is 76.7 Å². The maximum atomic E-state index is 11.7. The minimum absolute atomic E-state index is 0. The number of hydrogen-bond donors (Lipinski definition) is 2. The molecule has 3 N–H and O–H groups in total. The molecule has 27 heavy (non-hydrogen) atoms. The van der Waals surface area contributed by atoms with Crippen LogP contribution in [0.15, 0.2) is 53.5 Å². The van der Waals surface area contributed by atoms with Gasteiger partial charge < -0.3 is 15.8 Å². The zero-order valence-electron chi connectivity index (χ0n) is 15.9. The van der Waals surface area contributed by atoms with E-state index in [4.69, 9.17) is 10.5 Å². The van der Waals surface area contributed by atoms with Crippen LogP contribution in [0.1, 0.15) is 36.0 Å². The van der Waals surface area contributed by atoms with Gasteiger partial charge in [-0.2, -0.15) is 0 Å². The van der Waals surface area contributed by atoms with E-state index in [0.29, 0.717) is 25.5 Å². The molecule has 0 saturated carbocycles. The number of nitrogens with zero attached hydrogens (tertiary/aromatic N) is 1. The van der Waals surface area contributed by atoms with Gasteiger partial charge >= 0.3 is 5.97 Å². The molecule has 2 aromatic rings. The van der Waals surface area contributed by atoms with Crippen molar-refractivity contribution in [2.75, 3.05) is 11.9 Å². The molecule has 0 atom stereocenters. The van der Waals surface area contributed by atoms with Gasteiger partial charge in [-0.3, -0.25) is 9.79 Å². The number of halogens is 1. The summed E-state index contributed by atoms with van der Waals surface area (Å²) in [5.74, 6) is 0.209. The summed E-state index contributed by atoms with van der Waals surface area (Å²) >= 11 is 0. The number of nitrogens with one attached hydrogen (secondary N) is 1. The van der Waals surface area contributed by atoms with Crippen LogP contribution < -0.4 is 11.1 Å². The number of nitrogens with two attached hydrogens (primary N) is 1. The molecule has 2 rings (SSSR count). The molecule has 0 fully saturated rings. The fourth-order valence-electron chi connectivity index (χ4n) is 2.63. The Morgan fingerprint density at radius 3 is 2.41 bits per heavy atom. The largest absolute Gasteiger partial charge is 0.461 e. The molecule has 0 radical (unpaired) electrons. The maximum absolute atomic E-state index is 11.7. The summed E-state index contributed by atoms with van der Waals surface area (Å²) in [6.45, 7) is 4.99. The first kappa shape index (κ1) is 23.0. The van der Waals surface area contributed by atoms with Gasteiger partial charge in [0.25, 0.3) is 0 Å². The smallest absolute Gasteiger partial charge is 0.306 e. The quantitative estimate of drug-likeness (QED) is 0.191. The van der Waals surface area contributed by atoms with Crippen molar-refractivity contribution in [3.63, 3.8) is 0 Å². The zero-order valence-corrected chi connectivity index (χ0v) is 18.2. The van der Waals surface area contributed by atoms with Crippen molar-refractivity contribution in [3.8, 4) is 0 Å². The van der Waals surface area contributed by atoms with Crippen LogP contribution in [-0.2, 0) is 16.1 Å². The minimum atomic E-state index is -0.181. The fraction of sp³-hybridized carbons (Fsp3) is 0.333. The summed E-state index contributed by atoms with van der Waals surface area (Å²) in [4.78, 5) is 16.0. The number of benzene rings is 2.